The van der Waals surface area contributed by atoms with Gasteiger partial charge in [-0.2, -0.15) is 0 Å². The van der Waals surface area contributed by atoms with Crippen molar-refractivity contribution in [2.24, 2.45) is 0 Å². The Morgan fingerprint density at radius 2 is 1.79 bits per heavy atom. The van der Waals surface area contributed by atoms with Crippen LogP contribution in [-0.4, -0.2) is 42.1 Å². The Balaban J connectivity index is 1.63. The molecule has 0 bridgehead atoms. The summed E-state index contributed by atoms with van der Waals surface area (Å²) < 4.78 is 0. The predicted octanol–water partition coefficient (Wildman–Crippen LogP) is 2.38. The molecule has 1 saturated carbocycles. The Morgan fingerprint density at radius 1 is 1.11 bits per heavy atom. The van der Waals surface area contributed by atoms with Gasteiger partial charge in [-0.3, -0.25) is 4.90 Å². The lowest BCUT2D eigenvalue weighted by Crippen LogP contribution is -2.50. The molecule has 1 aliphatic carbocycles. The van der Waals surface area contributed by atoms with Gasteiger partial charge in [0.1, 0.15) is 11.0 Å². The molecule has 0 amide bonds. The van der Waals surface area contributed by atoms with Gasteiger partial charge in [-0.05, 0) is 18.9 Å². The van der Waals surface area contributed by atoms with E-state index in [9.17, 15) is 0 Å². The Morgan fingerprint density at radius 3 is 2.42 bits per heavy atom. The van der Waals surface area contributed by atoms with Gasteiger partial charge >= 0.3 is 0 Å². The second-order valence-corrected chi connectivity index (χ2v) is 5.93. The first-order valence-electron chi connectivity index (χ1n) is 7.14. The van der Waals surface area contributed by atoms with Gasteiger partial charge in [-0.25, -0.2) is 4.98 Å². The maximum Gasteiger partial charge on any atom is 0.133 e. The van der Waals surface area contributed by atoms with Crippen molar-refractivity contribution in [2.75, 3.05) is 36.8 Å². The van der Waals surface area contributed by atoms with E-state index in [-0.39, 0.29) is 0 Å². The van der Waals surface area contributed by atoms with Gasteiger partial charge in [0.25, 0.3) is 0 Å². The molecule has 0 aromatic carbocycles. The molecule has 2 heterocycles. The summed E-state index contributed by atoms with van der Waals surface area (Å²) in [5.41, 5.74) is 6.52. The van der Waals surface area contributed by atoms with Crippen molar-refractivity contribution in [1.82, 2.24) is 9.88 Å². The first-order chi connectivity index (χ1) is 9.22. The van der Waals surface area contributed by atoms with Crippen LogP contribution in [0.5, 0.6) is 0 Å². The molecule has 1 aromatic heterocycles. The number of piperazine rings is 1. The van der Waals surface area contributed by atoms with E-state index in [4.69, 9.17) is 17.3 Å². The monoisotopic (exact) mass is 280 g/mol. The van der Waals surface area contributed by atoms with Crippen LogP contribution in [0.2, 0.25) is 5.15 Å². The van der Waals surface area contributed by atoms with Gasteiger partial charge in [0.2, 0.25) is 0 Å². The molecule has 1 aromatic rings. The van der Waals surface area contributed by atoms with Gasteiger partial charge < -0.3 is 10.6 Å². The molecule has 0 atom stereocenters. The quantitative estimate of drug-likeness (QED) is 0.845. The standard InChI is InChI=1S/C14H21ClN4/c15-13-9-11(16)10-14(17-13)19-7-5-18(6-8-19)12-3-1-2-4-12/h9-10,12H,1-8H2,(H2,16,17). The highest BCUT2D eigenvalue weighted by Crippen LogP contribution is 2.26. The molecular formula is C14H21ClN4. The fourth-order valence-corrected chi connectivity index (χ4v) is 3.46. The zero-order chi connectivity index (χ0) is 13.2. The normalized spacial score (nSPS) is 22.1. The van der Waals surface area contributed by atoms with Crippen molar-refractivity contribution in [3.05, 3.63) is 17.3 Å². The molecule has 5 heteroatoms. The molecule has 0 spiro atoms. The number of aromatic nitrogens is 1. The van der Waals surface area contributed by atoms with Crippen LogP contribution in [0.25, 0.3) is 0 Å². The fraction of sp³-hybridized carbons (Fsp3) is 0.643. The van der Waals surface area contributed by atoms with E-state index in [0.717, 1.165) is 38.0 Å². The van der Waals surface area contributed by atoms with Crippen LogP contribution < -0.4 is 10.6 Å². The third-order valence-corrected chi connectivity index (χ3v) is 4.48. The first kappa shape index (κ1) is 13.0. The van der Waals surface area contributed by atoms with E-state index in [1.165, 1.54) is 25.7 Å². The highest BCUT2D eigenvalue weighted by Gasteiger charge is 2.26. The highest BCUT2D eigenvalue weighted by molar-refractivity contribution is 6.29. The molecule has 3 rings (SSSR count). The second-order valence-electron chi connectivity index (χ2n) is 5.54. The number of rotatable bonds is 2. The molecule has 2 aliphatic rings. The lowest BCUT2D eigenvalue weighted by atomic mass is 10.2. The zero-order valence-corrected chi connectivity index (χ0v) is 11.9. The summed E-state index contributed by atoms with van der Waals surface area (Å²) >= 11 is 5.97. The van der Waals surface area contributed by atoms with Crippen LogP contribution in [-0.2, 0) is 0 Å². The van der Waals surface area contributed by atoms with Gasteiger partial charge in [0, 0.05) is 44.0 Å². The summed E-state index contributed by atoms with van der Waals surface area (Å²) in [4.78, 5) is 9.29. The molecule has 4 nitrogen and oxygen atoms in total. The van der Waals surface area contributed by atoms with Crippen molar-refractivity contribution in [1.29, 1.82) is 0 Å². The summed E-state index contributed by atoms with van der Waals surface area (Å²) in [6, 6.07) is 4.43. The summed E-state index contributed by atoms with van der Waals surface area (Å²) in [6.45, 7) is 4.28. The third kappa shape index (κ3) is 2.95. The van der Waals surface area contributed by atoms with E-state index in [0.29, 0.717) is 10.8 Å². The van der Waals surface area contributed by atoms with E-state index in [1.54, 1.807) is 6.07 Å². The van der Waals surface area contributed by atoms with Crippen molar-refractivity contribution >= 4 is 23.1 Å². The van der Waals surface area contributed by atoms with Crippen LogP contribution in [0.15, 0.2) is 12.1 Å². The van der Waals surface area contributed by atoms with Crippen LogP contribution in [0.1, 0.15) is 25.7 Å². The third-order valence-electron chi connectivity index (χ3n) is 4.28. The number of nitrogens with zero attached hydrogens (tertiary/aromatic N) is 3. The zero-order valence-electron chi connectivity index (χ0n) is 11.2. The predicted molar refractivity (Wildman–Crippen MR) is 79.7 cm³/mol. The van der Waals surface area contributed by atoms with Crippen molar-refractivity contribution in [2.45, 2.75) is 31.7 Å². The summed E-state index contributed by atoms with van der Waals surface area (Å²) in [7, 11) is 0. The van der Waals surface area contributed by atoms with Gasteiger partial charge in [-0.1, -0.05) is 24.4 Å². The van der Waals surface area contributed by atoms with Gasteiger partial charge in [0.15, 0.2) is 0 Å². The average molecular weight is 281 g/mol. The fourth-order valence-electron chi connectivity index (χ4n) is 3.25. The topological polar surface area (TPSA) is 45.4 Å². The van der Waals surface area contributed by atoms with E-state index in [2.05, 4.69) is 14.8 Å². The molecule has 1 saturated heterocycles. The van der Waals surface area contributed by atoms with Crippen LogP contribution >= 0.6 is 11.6 Å². The molecule has 0 unspecified atom stereocenters. The number of nitrogen functional groups attached to an aromatic ring is 1. The second kappa shape index (κ2) is 5.55. The Kier molecular flexibility index (Phi) is 3.80. The van der Waals surface area contributed by atoms with E-state index in [1.807, 2.05) is 6.07 Å². The largest absolute Gasteiger partial charge is 0.399 e. The number of hydrogen-bond donors (Lipinski definition) is 1. The Hall–Kier alpha value is -1.00. The van der Waals surface area contributed by atoms with Crippen molar-refractivity contribution in [3.8, 4) is 0 Å². The average Bonchev–Trinajstić information content (AvgIpc) is 2.91. The molecule has 19 heavy (non-hydrogen) atoms. The molecule has 1 aliphatic heterocycles. The lowest BCUT2D eigenvalue weighted by Gasteiger charge is -2.38. The lowest BCUT2D eigenvalue weighted by molar-refractivity contribution is 0.187. The van der Waals surface area contributed by atoms with Crippen LogP contribution in [0.4, 0.5) is 11.5 Å². The SMILES string of the molecule is Nc1cc(Cl)nc(N2CCN(C3CCCC3)CC2)c1. The van der Waals surface area contributed by atoms with Crippen LogP contribution in [0.3, 0.4) is 0 Å². The van der Waals surface area contributed by atoms with Gasteiger partial charge in [0.05, 0.1) is 0 Å². The molecule has 104 valence electrons. The first-order valence-corrected chi connectivity index (χ1v) is 7.52. The Labute approximate surface area is 119 Å². The highest BCUT2D eigenvalue weighted by atomic mass is 35.5. The maximum absolute atomic E-state index is 5.97. The molecule has 0 radical (unpaired) electrons. The number of halogens is 1. The maximum atomic E-state index is 5.97. The minimum Gasteiger partial charge on any atom is -0.399 e. The van der Waals surface area contributed by atoms with Gasteiger partial charge in [-0.15, -0.1) is 0 Å². The molecule has 2 N–H and O–H groups in total. The van der Waals surface area contributed by atoms with Crippen molar-refractivity contribution < 1.29 is 0 Å². The number of pyridine rings is 1. The van der Waals surface area contributed by atoms with E-state index >= 15 is 0 Å². The Bertz CT molecular complexity index is 417. The molecular weight excluding hydrogens is 260 g/mol. The van der Waals surface area contributed by atoms with Crippen molar-refractivity contribution in [3.63, 3.8) is 0 Å². The summed E-state index contributed by atoms with van der Waals surface area (Å²) in [5, 5.41) is 0.480. The number of anilines is 2. The molecule has 2 fully saturated rings. The summed E-state index contributed by atoms with van der Waals surface area (Å²) in [5.74, 6) is 0.913. The summed E-state index contributed by atoms with van der Waals surface area (Å²) in [6.07, 6.45) is 5.55. The minimum atomic E-state index is 0.480. The number of hydrogen-bond acceptors (Lipinski definition) is 4. The number of nitrogens with two attached hydrogens (primary N) is 1. The smallest absolute Gasteiger partial charge is 0.133 e. The minimum absolute atomic E-state index is 0.480. The van der Waals surface area contributed by atoms with E-state index < -0.39 is 0 Å². The van der Waals surface area contributed by atoms with Crippen LogP contribution in [0, 0.1) is 0 Å².